The highest BCUT2D eigenvalue weighted by atomic mass is 79.9. The van der Waals surface area contributed by atoms with E-state index in [1.54, 1.807) is 6.08 Å². The molecule has 0 fully saturated rings. The van der Waals surface area contributed by atoms with Crippen LogP contribution in [0.1, 0.15) is 22.6 Å². The lowest BCUT2D eigenvalue weighted by molar-refractivity contribution is -0.109. The Morgan fingerprint density at radius 3 is 2.60 bits per heavy atom. The Morgan fingerprint density at radius 2 is 2.00 bits per heavy atom. The second kappa shape index (κ2) is 6.06. The molecule has 0 bridgehead atoms. The number of hydrogen-bond donors (Lipinski definition) is 0. The van der Waals surface area contributed by atoms with Crippen LogP contribution in [0, 0.1) is 13.8 Å². The van der Waals surface area contributed by atoms with Crippen molar-refractivity contribution < 1.29 is 9.21 Å². The smallest absolute Gasteiger partial charge is 0.185 e. The number of furan rings is 1. The summed E-state index contributed by atoms with van der Waals surface area (Å²) in [5.74, 6) is 1.35. The first-order chi connectivity index (χ1) is 9.51. The minimum Gasteiger partial charge on any atom is -0.462 e. The Balaban J connectivity index is 2.58. The van der Waals surface area contributed by atoms with Crippen LogP contribution in [0.5, 0.6) is 0 Å². The van der Waals surface area contributed by atoms with Crippen LogP contribution in [-0.2, 0) is 4.79 Å². The van der Waals surface area contributed by atoms with Gasteiger partial charge in [0.1, 0.15) is 11.5 Å². The first kappa shape index (κ1) is 14.5. The zero-order valence-electron chi connectivity index (χ0n) is 11.4. The molecule has 0 saturated heterocycles. The fourth-order valence-electron chi connectivity index (χ4n) is 1.95. The van der Waals surface area contributed by atoms with Crippen molar-refractivity contribution in [3.63, 3.8) is 0 Å². The van der Waals surface area contributed by atoms with Crippen molar-refractivity contribution in [2.75, 3.05) is 0 Å². The third kappa shape index (κ3) is 3.17. The van der Waals surface area contributed by atoms with Gasteiger partial charge in [0, 0.05) is 10.0 Å². The summed E-state index contributed by atoms with van der Waals surface area (Å²) in [7, 11) is 0. The number of halogens is 1. The molecule has 0 radical (unpaired) electrons. The summed E-state index contributed by atoms with van der Waals surface area (Å²) in [6, 6.07) is 9.57. The largest absolute Gasteiger partial charge is 0.462 e. The molecule has 0 aliphatic rings. The van der Waals surface area contributed by atoms with Gasteiger partial charge in [-0.2, -0.15) is 0 Å². The second-order valence-electron chi connectivity index (χ2n) is 4.53. The van der Waals surface area contributed by atoms with E-state index < -0.39 is 0 Å². The van der Waals surface area contributed by atoms with Gasteiger partial charge in [0.25, 0.3) is 0 Å². The molecule has 0 N–H and O–H groups in total. The Bertz CT molecular complexity index is 693. The van der Waals surface area contributed by atoms with Gasteiger partial charge in [-0.15, -0.1) is 0 Å². The molecule has 2 nitrogen and oxygen atoms in total. The van der Waals surface area contributed by atoms with Crippen molar-refractivity contribution >= 4 is 33.4 Å². The first-order valence-electron chi connectivity index (χ1n) is 6.22. The normalized spacial score (nSPS) is 11.4. The van der Waals surface area contributed by atoms with Crippen molar-refractivity contribution in [3.05, 3.63) is 70.1 Å². The Labute approximate surface area is 126 Å². The summed E-state index contributed by atoms with van der Waals surface area (Å²) in [6.45, 7) is 7.42. The summed E-state index contributed by atoms with van der Waals surface area (Å²) in [4.78, 5) is 12.1. The van der Waals surface area contributed by atoms with Crippen LogP contribution < -0.4 is 0 Å². The van der Waals surface area contributed by atoms with Gasteiger partial charge in [0.2, 0.25) is 0 Å². The van der Waals surface area contributed by atoms with Crippen LogP contribution >= 0.6 is 15.9 Å². The van der Waals surface area contributed by atoms with E-state index in [2.05, 4.69) is 22.5 Å². The summed E-state index contributed by atoms with van der Waals surface area (Å²) < 4.78 is 6.45. The van der Waals surface area contributed by atoms with Crippen LogP contribution in [0.3, 0.4) is 0 Å². The van der Waals surface area contributed by atoms with E-state index in [9.17, 15) is 4.79 Å². The summed E-state index contributed by atoms with van der Waals surface area (Å²) in [5, 5.41) is 0. The third-order valence-electron chi connectivity index (χ3n) is 2.99. The molecule has 0 amide bonds. The molecule has 0 aliphatic heterocycles. The fraction of sp³-hybridized carbons (Fsp3) is 0.118. The SMILES string of the molecule is C=CC(=O)/C(=C\c1ccc(C)o1)c1cc(Br)ccc1C. The second-order valence-corrected chi connectivity index (χ2v) is 5.45. The van der Waals surface area contributed by atoms with E-state index in [4.69, 9.17) is 4.42 Å². The van der Waals surface area contributed by atoms with Crippen molar-refractivity contribution in [1.82, 2.24) is 0 Å². The molecular weight excluding hydrogens is 316 g/mol. The average Bonchev–Trinajstić information content (AvgIpc) is 2.84. The molecule has 3 heteroatoms. The molecule has 1 heterocycles. The molecule has 20 heavy (non-hydrogen) atoms. The molecule has 0 spiro atoms. The lowest BCUT2D eigenvalue weighted by Gasteiger charge is -2.08. The molecule has 2 rings (SSSR count). The first-order valence-corrected chi connectivity index (χ1v) is 7.02. The third-order valence-corrected chi connectivity index (χ3v) is 3.48. The van der Waals surface area contributed by atoms with Gasteiger partial charge in [0.05, 0.1) is 0 Å². The lowest BCUT2D eigenvalue weighted by Crippen LogP contribution is -1.99. The Morgan fingerprint density at radius 1 is 1.25 bits per heavy atom. The van der Waals surface area contributed by atoms with Gasteiger partial charge < -0.3 is 4.42 Å². The van der Waals surface area contributed by atoms with Gasteiger partial charge >= 0.3 is 0 Å². The Kier molecular flexibility index (Phi) is 4.40. The van der Waals surface area contributed by atoms with E-state index in [0.717, 1.165) is 21.4 Å². The van der Waals surface area contributed by atoms with E-state index in [0.29, 0.717) is 11.3 Å². The van der Waals surface area contributed by atoms with E-state index in [1.807, 2.05) is 44.2 Å². The minimum atomic E-state index is -0.125. The van der Waals surface area contributed by atoms with Crippen LogP contribution in [-0.4, -0.2) is 5.78 Å². The maximum atomic E-state index is 12.1. The van der Waals surface area contributed by atoms with Gasteiger partial charge in [-0.3, -0.25) is 4.79 Å². The maximum absolute atomic E-state index is 12.1. The predicted molar refractivity (Wildman–Crippen MR) is 85.4 cm³/mol. The topological polar surface area (TPSA) is 30.2 Å². The number of carbonyl (C=O) groups is 1. The highest BCUT2D eigenvalue weighted by Gasteiger charge is 2.13. The summed E-state index contributed by atoms with van der Waals surface area (Å²) in [6.07, 6.45) is 3.08. The standard InChI is InChI=1S/C17H15BrO2/c1-4-17(19)16(10-14-8-6-12(3)20-14)15-9-13(18)7-5-11(15)2/h4-10H,1H2,2-3H3/b16-10-. The van der Waals surface area contributed by atoms with E-state index in [-0.39, 0.29) is 5.78 Å². The summed E-state index contributed by atoms with van der Waals surface area (Å²) >= 11 is 3.44. The number of allylic oxidation sites excluding steroid dienone is 2. The van der Waals surface area contributed by atoms with E-state index in [1.165, 1.54) is 6.08 Å². The highest BCUT2D eigenvalue weighted by Crippen LogP contribution is 2.26. The fourth-order valence-corrected chi connectivity index (χ4v) is 2.31. The number of hydrogen-bond acceptors (Lipinski definition) is 2. The zero-order chi connectivity index (χ0) is 14.7. The quantitative estimate of drug-likeness (QED) is 0.742. The summed E-state index contributed by atoms with van der Waals surface area (Å²) in [5.41, 5.74) is 2.48. The zero-order valence-corrected chi connectivity index (χ0v) is 13.0. The average molecular weight is 331 g/mol. The number of carbonyl (C=O) groups excluding carboxylic acids is 1. The molecule has 0 aliphatic carbocycles. The van der Waals surface area contributed by atoms with Crippen molar-refractivity contribution in [3.8, 4) is 0 Å². The van der Waals surface area contributed by atoms with Crippen molar-refractivity contribution in [1.29, 1.82) is 0 Å². The Hall–Kier alpha value is -1.87. The van der Waals surface area contributed by atoms with Crippen LogP contribution in [0.4, 0.5) is 0 Å². The van der Waals surface area contributed by atoms with Crippen LogP contribution in [0.2, 0.25) is 0 Å². The lowest BCUT2D eigenvalue weighted by atomic mass is 9.96. The maximum Gasteiger partial charge on any atom is 0.185 e. The number of aryl methyl sites for hydroxylation is 2. The molecular formula is C17H15BrO2. The number of ketones is 1. The van der Waals surface area contributed by atoms with Crippen molar-refractivity contribution in [2.45, 2.75) is 13.8 Å². The predicted octanol–water partition coefficient (Wildman–Crippen LogP) is 4.95. The molecule has 2 aromatic rings. The molecule has 1 aromatic heterocycles. The highest BCUT2D eigenvalue weighted by molar-refractivity contribution is 9.10. The van der Waals surface area contributed by atoms with Crippen LogP contribution in [0.15, 0.2) is 51.9 Å². The van der Waals surface area contributed by atoms with Gasteiger partial charge in [-0.1, -0.05) is 28.6 Å². The van der Waals surface area contributed by atoms with Gasteiger partial charge in [-0.25, -0.2) is 0 Å². The number of benzene rings is 1. The molecule has 0 saturated carbocycles. The van der Waals surface area contributed by atoms with E-state index >= 15 is 0 Å². The van der Waals surface area contributed by atoms with Crippen LogP contribution in [0.25, 0.3) is 11.6 Å². The molecule has 1 aromatic carbocycles. The van der Waals surface area contributed by atoms with Gasteiger partial charge in [-0.05, 0) is 61.4 Å². The van der Waals surface area contributed by atoms with Crippen molar-refractivity contribution in [2.24, 2.45) is 0 Å². The van der Waals surface area contributed by atoms with Gasteiger partial charge in [0.15, 0.2) is 5.78 Å². The molecule has 0 unspecified atom stereocenters. The molecule has 0 atom stereocenters. The number of rotatable bonds is 4. The molecule has 102 valence electrons. The minimum absolute atomic E-state index is 0.125. The monoisotopic (exact) mass is 330 g/mol.